The van der Waals surface area contributed by atoms with E-state index in [2.05, 4.69) is 0 Å². The van der Waals surface area contributed by atoms with Gasteiger partial charge in [0.15, 0.2) is 0 Å². The van der Waals surface area contributed by atoms with Gasteiger partial charge in [0, 0.05) is 11.3 Å². The van der Waals surface area contributed by atoms with E-state index in [1.165, 1.54) is 0 Å². The molecule has 4 nitrogen and oxygen atoms in total. The minimum atomic E-state index is -0.454. The molecular weight excluding hydrogens is 228 g/mol. The predicted molar refractivity (Wildman–Crippen MR) is 70.6 cm³/mol. The molecule has 4 N–H and O–H groups in total. The molecule has 0 aliphatic heterocycles. The third kappa shape index (κ3) is 2.60. The smallest absolute Gasteiger partial charge is 0.248 e. The lowest BCUT2D eigenvalue weighted by molar-refractivity contribution is 0.100. The van der Waals surface area contributed by atoms with Gasteiger partial charge in [0.1, 0.15) is 11.5 Å². The first-order valence-corrected chi connectivity index (χ1v) is 5.50. The topological polar surface area (TPSA) is 78.3 Å². The molecule has 0 radical (unpaired) electrons. The van der Waals surface area contributed by atoms with Crippen LogP contribution in [-0.2, 0) is 0 Å². The van der Waals surface area contributed by atoms with Gasteiger partial charge in [0.05, 0.1) is 0 Å². The number of rotatable bonds is 3. The number of nitrogen functional groups attached to an aromatic ring is 1. The van der Waals surface area contributed by atoms with Gasteiger partial charge < -0.3 is 16.2 Å². The van der Waals surface area contributed by atoms with Crippen molar-refractivity contribution in [2.45, 2.75) is 6.92 Å². The van der Waals surface area contributed by atoms with Crippen LogP contribution in [0.25, 0.3) is 0 Å². The van der Waals surface area contributed by atoms with Gasteiger partial charge in [-0.25, -0.2) is 0 Å². The van der Waals surface area contributed by atoms with E-state index >= 15 is 0 Å². The van der Waals surface area contributed by atoms with Crippen LogP contribution in [0.15, 0.2) is 42.5 Å². The molecule has 1 amide bonds. The van der Waals surface area contributed by atoms with Crippen LogP contribution in [0, 0.1) is 6.92 Å². The number of anilines is 1. The van der Waals surface area contributed by atoms with Gasteiger partial charge in [-0.1, -0.05) is 0 Å². The molecule has 4 heteroatoms. The van der Waals surface area contributed by atoms with Gasteiger partial charge in [-0.15, -0.1) is 0 Å². The van der Waals surface area contributed by atoms with Crippen molar-refractivity contribution < 1.29 is 9.53 Å². The molecule has 0 spiro atoms. The fraction of sp³-hybridized carbons (Fsp3) is 0.0714. The maximum absolute atomic E-state index is 10.9. The number of hydrogen-bond donors (Lipinski definition) is 2. The summed E-state index contributed by atoms with van der Waals surface area (Å²) in [6.07, 6.45) is 0. The van der Waals surface area contributed by atoms with Crippen LogP contribution < -0.4 is 16.2 Å². The van der Waals surface area contributed by atoms with E-state index in [-0.39, 0.29) is 0 Å². The quantitative estimate of drug-likeness (QED) is 0.811. The molecule has 0 atom stereocenters. The second kappa shape index (κ2) is 4.79. The van der Waals surface area contributed by atoms with Crippen LogP contribution in [0.4, 0.5) is 5.69 Å². The Balaban J connectivity index is 2.18. The molecule has 92 valence electrons. The molecule has 0 aromatic heterocycles. The zero-order valence-corrected chi connectivity index (χ0v) is 10.0. The summed E-state index contributed by atoms with van der Waals surface area (Å²) >= 11 is 0. The summed E-state index contributed by atoms with van der Waals surface area (Å²) in [7, 11) is 0. The lowest BCUT2D eigenvalue weighted by atomic mass is 10.2. The van der Waals surface area contributed by atoms with E-state index < -0.39 is 5.91 Å². The van der Waals surface area contributed by atoms with Gasteiger partial charge in [0.2, 0.25) is 5.91 Å². The van der Waals surface area contributed by atoms with Gasteiger partial charge in [-0.3, -0.25) is 4.79 Å². The van der Waals surface area contributed by atoms with Gasteiger partial charge >= 0.3 is 0 Å². The monoisotopic (exact) mass is 242 g/mol. The van der Waals surface area contributed by atoms with Crippen LogP contribution in [-0.4, -0.2) is 5.91 Å². The Bertz CT molecular complexity index is 577. The van der Waals surface area contributed by atoms with E-state index in [0.717, 1.165) is 11.3 Å². The van der Waals surface area contributed by atoms with Crippen molar-refractivity contribution in [3.63, 3.8) is 0 Å². The standard InChI is InChI=1S/C14H14N2O2/c1-9-8-12(6-7-13(9)15)18-11-4-2-10(3-5-11)14(16)17/h2-8H,15H2,1H3,(H2,16,17). The third-order valence-corrected chi connectivity index (χ3v) is 2.62. The average Bonchev–Trinajstić information content (AvgIpc) is 2.34. The van der Waals surface area contributed by atoms with Crippen molar-refractivity contribution in [1.29, 1.82) is 0 Å². The fourth-order valence-electron chi connectivity index (χ4n) is 1.54. The van der Waals surface area contributed by atoms with Crippen molar-refractivity contribution in [3.8, 4) is 11.5 Å². The molecule has 0 heterocycles. The second-order valence-electron chi connectivity index (χ2n) is 4.01. The fourth-order valence-corrected chi connectivity index (χ4v) is 1.54. The number of hydrogen-bond acceptors (Lipinski definition) is 3. The van der Waals surface area contributed by atoms with Gasteiger partial charge in [-0.05, 0) is 55.0 Å². The van der Waals surface area contributed by atoms with E-state index in [1.54, 1.807) is 36.4 Å². The van der Waals surface area contributed by atoms with Crippen LogP contribution in [0.3, 0.4) is 0 Å². The van der Waals surface area contributed by atoms with Crippen LogP contribution >= 0.6 is 0 Å². The van der Waals surface area contributed by atoms with E-state index in [4.69, 9.17) is 16.2 Å². The highest BCUT2D eigenvalue weighted by atomic mass is 16.5. The highest BCUT2D eigenvalue weighted by molar-refractivity contribution is 5.92. The van der Waals surface area contributed by atoms with E-state index in [0.29, 0.717) is 17.1 Å². The largest absolute Gasteiger partial charge is 0.457 e. The minimum absolute atomic E-state index is 0.454. The number of aryl methyl sites for hydroxylation is 1. The lowest BCUT2D eigenvalue weighted by Crippen LogP contribution is -2.10. The molecule has 0 saturated heterocycles. The number of benzene rings is 2. The number of carbonyl (C=O) groups is 1. The molecule has 0 saturated carbocycles. The first-order valence-electron chi connectivity index (χ1n) is 5.50. The summed E-state index contributed by atoms with van der Waals surface area (Å²) in [6, 6.07) is 12.1. The summed E-state index contributed by atoms with van der Waals surface area (Å²) in [5.41, 5.74) is 13.0. The first kappa shape index (κ1) is 12.0. The van der Waals surface area contributed by atoms with Crippen molar-refractivity contribution in [1.82, 2.24) is 0 Å². The number of amides is 1. The van der Waals surface area contributed by atoms with Crippen molar-refractivity contribution >= 4 is 11.6 Å². The SMILES string of the molecule is Cc1cc(Oc2ccc(C(N)=O)cc2)ccc1N. The highest BCUT2D eigenvalue weighted by Gasteiger charge is 2.02. The lowest BCUT2D eigenvalue weighted by Gasteiger charge is -2.08. The Morgan fingerprint density at radius 1 is 1.06 bits per heavy atom. The second-order valence-corrected chi connectivity index (χ2v) is 4.01. The van der Waals surface area contributed by atoms with Crippen molar-refractivity contribution in [3.05, 3.63) is 53.6 Å². The van der Waals surface area contributed by atoms with Crippen LogP contribution in [0.1, 0.15) is 15.9 Å². The minimum Gasteiger partial charge on any atom is -0.457 e. The number of ether oxygens (including phenoxy) is 1. The molecule has 2 aromatic rings. The molecule has 2 aromatic carbocycles. The Kier molecular flexibility index (Phi) is 3.19. The first-order chi connectivity index (χ1) is 8.56. The molecule has 0 unspecified atom stereocenters. The van der Waals surface area contributed by atoms with Crippen molar-refractivity contribution in [2.24, 2.45) is 5.73 Å². The molecule has 18 heavy (non-hydrogen) atoms. The normalized spacial score (nSPS) is 10.1. The molecule has 0 aliphatic rings. The summed E-state index contributed by atoms with van der Waals surface area (Å²) in [5, 5.41) is 0. The Morgan fingerprint density at radius 2 is 1.67 bits per heavy atom. The zero-order valence-electron chi connectivity index (χ0n) is 10.0. The summed E-state index contributed by atoms with van der Waals surface area (Å²) < 4.78 is 5.64. The molecule has 2 rings (SSSR count). The molecular formula is C14H14N2O2. The summed E-state index contributed by atoms with van der Waals surface area (Å²) in [6.45, 7) is 1.92. The Hall–Kier alpha value is -2.49. The van der Waals surface area contributed by atoms with Crippen molar-refractivity contribution in [2.75, 3.05) is 5.73 Å². The summed E-state index contributed by atoms with van der Waals surface area (Å²) in [4.78, 5) is 10.9. The van der Waals surface area contributed by atoms with Crippen LogP contribution in [0.2, 0.25) is 0 Å². The number of primary amides is 1. The van der Waals surface area contributed by atoms with Gasteiger partial charge in [0.25, 0.3) is 0 Å². The highest BCUT2D eigenvalue weighted by Crippen LogP contribution is 2.24. The Labute approximate surface area is 105 Å². The molecule has 0 fully saturated rings. The zero-order chi connectivity index (χ0) is 13.1. The van der Waals surface area contributed by atoms with E-state index in [1.807, 2.05) is 13.0 Å². The van der Waals surface area contributed by atoms with Gasteiger partial charge in [-0.2, -0.15) is 0 Å². The Morgan fingerprint density at radius 3 is 2.22 bits per heavy atom. The third-order valence-electron chi connectivity index (χ3n) is 2.62. The van der Waals surface area contributed by atoms with Crippen LogP contribution in [0.5, 0.6) is 11.5 Å². The maximum atomic E-state index is 10.9. The molecule has 0 aliphatic carbocycles. The average molecular weight is 242 g/mol. The summed E-state index contributed by atoms with van der Waals surface area (Å²) in [5.74, 6) is 0.891. The number of nitrogens with two attached hydrogens (primary N) is 2. The predicted octanol–water partition coefficient (Wildman–Crippen LogP) is 2.47. The maximum Gasteiger partial charge on any atom is 0.248 e. The molecule has 0 bridgehead atoms. The van der Waals surface area contributed by atoms with E-state index in [9.17, 15) is 4.79 Å². The number of carbonyl (C=O) groups excluding carboxylic acids is 1.